The molecule has 0 unspecified atom stereocenters. The van der Waals surface area contributed by atoms with Crippen molar-refractivity contribution in [2.45, 2.75) is 45.3 Å². The summed E-state index contributed by atoms with van der Waals surface area (Å²) in [6, 6.07) is 21.6. The highest BCUT2D eigenvalue weighted by molar-refractivity contribution is 7.90. The normalized spacial score (nSPS) is 12.1. The van der Waals surface area contributed by atoms with E-state index in [-0.39, 0.29) is 49.3 Å². The van der Waals surface area contributed by atoms with E-state index < -0.39 is 28.1 Å². The number of aliphatic hydroxyl groups is 2. The number of nitrogens with zero attached hydrogens (tertiary/aromatic N) is 1. The molecule has 0 radical (unpaired) electrons. The van der Waals surface area contributed by atoms with Crippen LogP contribution in [0.3, 0.4) is 0 Å². The Morgan fingerprint density at radius 3 is 2.24 bits per heavy atom. The van der Waals surface area contributed by atoms with E-state index in [0.29, 0.717) is 18.4 Å². The summed E-state index contributed by atoms with van der Waals surface area (Å²) in [5.74, 6) is -0.936. The minimum atomic E-state index is -3.90. The molecule has 2 amide bonds. The van der Waals surface area contributed by atoms with Crippen LogP contribution >= 0.6 is 0 Å². The minimum absolute atomic E-state index is 0.0122. The van der Waals surface area contributed by atoms with Gasteiger partial charge in [-0.15, -0.1) is 0 Å². The average molecular weight is 599 g/mol. The maximum Gasteiger partial charge on any atom is 0.407 e. The summed E-state index contributed by atoms with van der Waals surface area (Å²) >= 11 is 0. The van der Waals surface area contributed by atoms with Gasteiger partial charge in [0, 0.05) is 13.2 Å². The molecule has 1 atom stereocenters. The van der Waals surface area contributed by atoms with E-state index >= 15 is 0 Å². The van der Waals surface area contributed by atoms with Crippen LogP contribution in [0.25, 0.3) is 11.1 Å². The number of aliphatic hydroxyl groups excluding tert-OH is 2. The maximum absolute atomic E-state index is 12.8. The van der Waals surface area contributed by atoms with E-state index in [1.807, 2.05) is 35.1 Å². The first-order valence-electron chi connectivity index (χ1n) is 13.8. The van der Waals surface area contributed by atoms with Gasteiger partial charge in [-0.2, -0.15) is 0 Å². The number of benzene rings is 3. The van der Waals surface area contributed by atoms with Crippen molar-refractivity contribution in [3.63, 3.8) is 0 Å². The predicted molar refractivity (Wildman–Crippen MR) is 160 cm³/mol. The zero-order chi connectivity index (χ0) is 30.7. The largest absolute Gasteiger partial charge is 0.490 e. The predicted octanol–water partition coefficient (Wildman–Crippen LogP) is 4.23. The van der Waals surface area contributed by atoms with Gasteiger partial charge >= 0.3 is 6.09 Å². The average Bonchev–Trinajstić information content (AvgIpc) is 2.95. The molecule has 3 aromatic rings. The van der Waals surface area contributed by atoms with Crippen molar-refractivity contribution in [1.29, 1.82) is 0 Å². The van der Waals surface area contributed by atoms with Crippen LogP contribution in [0.2, 0.25) is 0 Å². The second-order valence-corrected chi connectivity index (χ2v) is 12.0. The Bertz CT molecular complexity index is 1430. The van der Waals surface area contributed by atoms with Gasteiger partial charge in [-0.3, -0.25) is 4.79 Å². The summed E-state index contributed by atoms with van der Waals surface area (Å²) in [5.41, 5.74) is 3.38. The molecule has 10 nitrogen and oxygen atoms in total. The molecule has 0 aliphatic carbocycles. The third-order valence-electron chi connectivity index (χ3n) is 6.44. The topological polar surface area (TPSA) is 153 Å². The zero-order valence-electron chi connectivity index (χ0n) is 23.8. The smallest absolute Gasteiger partial charge is 0.407 e. The molecule has 0 bridgehead atoms. The van der Waals surface area contributed by atoms with Gasteiger partial charge in [0.05, 0.1) is 30.1 Å². The van der Waals surface area contributed by atoms with Crippen molar-refractivity contribution in [2.75, 3.05) is 25.4 Å². The second-order valence-electron chi connectivity index (χ2n) is 10.2. The van der Waals surface area contributed by atoms with E-state index in [1.165, 1.54) is 11.0 Å². The van der Waals surface area contributed by atoms with Crippen LogP contribution in [-0.4, -0.2) is 72.2 Å². The molecular weight excluding hydrogens is 560 g/mol. The third-order valence-corrected chi connectivity index (χ3v) is 7.76. The van der Waals surface area contributed by atoms with Gasteiger partial charge in [-0.1, -0.05) is 60.7 Å². The molecule has 0 aliphatic rings. The molecule has 0 heterocycles. The van der Waals surface area contributed by atoms with E-state index in [2.05, 4.69) is 0 Å². The molecule has 226 valence electrons. The first-order valence-corrected chi connectivity index (χ1v) is 15.4. The Kier molecular flexibility index (Phi) is 11.9. The van der Waals surface area contributed by atoms with Gasteiger partial charge in [0.2, 0.25) is 10.0 Å². The fourth-order valence-electron chi connectivity index (χ4n) is 4.34. The number of carbonyl (C=O) groups excluding carboxylic acids is 1. The highest BCUT2D eigenvalue weighted by Crippen LogP contribution is 2.29. The Morgan fingerprint density at radius 1 is 0.952 bits per heavy atom. The number of rotatable bonds is 15. The molecule has 3 aromatic carbocycles. The molecular formula is C31H38N2O8S. The number of ether oxygens (including phenoxy) is 1. The molecule has 0 aliphatic heterocycles. The van der Waals surface area contributed by atoms with Crippen molar-refractivity contribution >= 4 is 22.0 Å². The van der Waals surface area contributed by atoms with Crippen molar-refractivity contribution < 1.29 is 38.1 Å². The summed E-state index contributed by atoms with van der Waals surface area (Å²) in [6.07, 6.45) is -1.03. The van der Waals surface area contributed by atoms with Gasteiger partial charge < -0.3 is 25.0 Å². The van der Waals surface area contributed by atoms with Crippen molar-refractivity contribution in [1.82, 2.24) is 9.62 Å². The van der Waals surface area contributed by atoms with Gasteiger partial charge in [-0.05, 0) is 67.5 Å². The molecule has 3 rings (SSSR count). The molecule has 0 saturated heterocycles. The minimum Gasteiger partial charge on any atom is -0.490 e. The van der Waals surface area contributed by atoms with E-state index in [4.69, 9.17) is 9.84 Å². The summed E-state index contributed by atoms with van der Waals surface area (Å²) in [4.78, 5) is 25.7. The fourth-order valence-corrected chi connectivity index (χ4v) is 5.34. The lowest BCUT2D eigenvalue weighted by atomic mass is 10.00. The maximum atomic E-state index is 12.8. The van der Waals surface area contributed by atoms with E-state index in [1.54, 1.807) is 50.2 Å². The molecule has 42 heavy (non-hydrogen) atoms. The van der Waals surface area contributed by atoms with Crippen LogP contribution in [0, 0.1) is 0 Å². The Labute approximate surface area is 246 Å². The number of carboxylic acid groups (broad SMARTS) is 1. The fraction of sp³-hybridized carbons (Fsp3) is 0.355. The molecule has 11 heteroatoms. The lowest BCUT2D eigenvalue weighted by Crippen LogP contribution is -2.34. The summed E-state index contributed by atoms with van der Waals surface area (Å²) in [7, 11) is -3.90. The van der Waals surface area contributed by atoms with Crippen LogP contribution in [-0.2, 0) is 16.4 Å². The second kappa shape index (κ2) is 15.3. The lowest BCUT2D eigenvalue weighted by molar-refractivity contribution is 0.0961. The number of nitrogens with one attached hydrogen (secondary N) is 1. The number of amides is 2. The van der Waals surface area contributed by atoms with Crippen LogP contribution < -0.4 is 9.46 Å². The molecule has 0 fully saturated rings. The SMILES string of the molecule is CC(C)Oc1cc(-c2ccc(CCCN(C[C@@H](O)c3ccccc3)C(=O)O)cc2)ccc1C(=O)NS(=O)(=O)CCCO. The molecule has 0 aromatic heterocycles. The number of hydrogen-bond acceptors (Lipinski definition) is 7. The van der Waals surface area contributed by atoms with Crippen LogP contribution in [0.5, 0.6) is 5.75 Å². The van der Waals surface area contributed by atoms with Crippen LogP contribution in [0.4, 0.5) is 4.79 Å². The summed E-state index contributed by atoms with van der Waals surface area (Å²) in [5, 5.41) is 28.9. The zero-order valence-corrected chi connectivity index (χ0v) is 24.6. The first kappa shape index (κ1) is 32.6. The van der Waals surface area contributed by atoms with Crippen LogP contribution in [0.15, 0.2) is 72.8 Å². The lowest BCUT2D eigenvalue weighted by Gasteiger charge is -2.22. The van der Waals surface area contributed by atoms with E-state index in [0.717, 1.165) is 16.7 Å². The first-order chi connectivity index (χ1) is 20.0. The number of carbonyl (C=O) groups is 2. The molecule has 0 spiro atoms. The quantitative estimate of drug-likeness (QED) is 0.203. The third kappa shape index (κ3) is 9.86. The van der Waals surface area contributed by atoms with Gasteiger partial charge in [-0.25, -0.2) is 17.9 Å². The van der Waals surface area contributed by atoms with Crippen molar-refractivity contribution in [3.05, 3.63) is 89.5 Å². The summed E-state index contributed by atoms with van der Waals surface area (Å²) < 4.78 is 32.2. The Morgan fingerprint density at radius 2 is 1.62 bits per heavy atom. The van der Waals surface area contributed by atoms with Crippen LogP contribution in [0.1, 0.15) is 54.3 Å². The number of aryl methyl sites for hydroxylation is 1. The summed E-state index contributed by atoms with van der Waals surface area (Å²) in [6.45, 7) is 3.56. The standard InChI is InChI=1S/C31H38N2O8S/c1-22(2)41-29-20-26(15-16-27(29)30(36)32-42(39,40)19-7-18-34)24-13-11-23(12-14-24)8-6-17-33(31(37)38)21-28(35)25-9-4-3-5-10-25/h3-5,9-16,20,22,28,34-35H,6-8,17-19,21H2,1-2H3,(H,32,36)(H,37,38)/t28-/m1/s1. The van der Waals surface area contributed by atoms with Crippen molar-refractivity contribution in [2.24, 2.45) is 0 Å². The highest BCUT2D eigenvalue weighted by atomic mass is 32.2. The van der Waals surface area contributed by atoms with Gasteiger partial charge in [0.25, 0.3) is 5.91 Å². The monoisotopic (exact) mass is 598 g/mol. The van der Waals surface area contributed by atoms with Crippen molar-refractivity contribution in [3.8, 4) is 16.9 Å². The number of sulfonamides is 1. The highest BCUT2D eigenvalue weighted by Gasteiger charge is 2.21. The molecule has 4 N–H and O–H groups in total. The Hall–Kier alpha value is -3.93. The molecule has 0 saturated carbocycles. The number of hydrogen-bond donors (Lipinski definition) is 4. The Balaban J connectivity index is 1.66. The van der Waals surface area contributed by atoms with E-state index in [9.17, 15) is 28.2 Å². The van der Waals surface area contributed by atoms with Gasteiger partial charge in [0.15, 0.2) is 0 Å². The van der Waals surface area contributed by atoms with Gasteiger partial charge in [0.1, 0.15) is 5.75 Å².